The van der Waals surface area contributed by atoms with Crippen LogP contribution in [0, 0.1) is 0 Å². The van der Waals surface area contributed by atoms with E-state index in [1.54, 1.807) is 0 Å². The normalized spacial score (nSPS) is 27.4. The van der Waals surface area contributed by atoms with Crippen LogP contribution in [-0.4, -0.2) is 25.2 Å². The summed E-state index contributed by atoms with van der Waals surface area (Å²) in [4.78, 5) is 4.68. The molecule has 0 radical (unpaired) electrons. The van der Waals surface area contributed by atoms with E-state index in [1.807, 2.05) is 12.1 Å². The maximum absolute atomic E-state index is 11.2. The Morgan fingerprint density at radius 3 is 2.31 bits per heavy atom. The Balaban J connectivity index is 2.05. The summed E-state index contributed by atoms with van der Waals surface area (Å²) in [5.41, 5.74) is 2.42. The number of rotatable bonds is 3. The summed E-state index contributed by atoms with van der Waals surface area (Å²) in [6.45, 7) is 6.63. The molecule has 1 aromatic rings. The summed E-state index contributed by atoms with van der Waals surface area (Å²) in [7, 11) is 0.125. The zero-order valence-electron chi connectivity index (χ0n) is 9.55. The second-order valence-corrected chi connectivity index (χ2v) is 5.40. The van der Waals surface area contributed by atoms with Crippen LogP contribution < -0.4 is 15.1 Å². The number of anilines is 2. The number of benzene rings is 1. The van der Waals surface area contributed by atoms with Crippen molar-refractivity contribution in [3.8, 4) is 0 Å². The van der Waals surface area contributed by atoms with E-state index < -0.39 is 0 Å². The van der Waals surface area contributed by atoms with Gasteiger partial charge in [-0.2, -0.15) is 0 Å². The molecule has 0 aliphatic carbocycles. The summed E-state index contributed by atoms with van der Waals surface area (Å²) >= 11 is 0. The molecule has 2 atom stereocenters. The molecule has 0 aromatic heterocycles. The first-order valence-corrected chi connectivity index (χ1v) is 6.53. The average molecular weight is 234 g/mol. The molecule has 16 heavy (non-hydrogen) atoms. The van der Waals surface area contributed by atoms with E-state index in [0.717, 1.165) is 18.4 Å². The zero-order chi connectivity index (χ0) is 11.3. The van der Waals surface area contributed by atoms with Crippen LogP contribution in [0.3, 0.4) is 0 Å². The van der Waals surface area contributed by atoms with E-state index in [1.165, 1.54) is 11.4 Å². The molecular formula is C12H15N2OP. The zero-order valence-corrected chi connectivity index (χ0v) is 10.4. The number of hydrogen-bond donors (Lipinski definition) is 0. The van der Waals surface area contributed by atoms with E-state index in [9.17, 15) is 4.57 Å². The molecule has 0 saturated carbocycles. The third kappa shape index (κ3) is 1.51. The summed E-state index contributed by atoms with van der Waals surface area (Å²) in [5, 5.41) is 0.918. The van der Waals surface area contributed by atoms with Gasteiger partial charge in [0, 0.05) is 25.2 Å². The first kappa shape index (κ1) is 10.1. The second-order valence-electron chi connectivity index (χ2n) is 4.74. The highest BCUT2D eigenvalue weighted by Crippen LogP contribution is 2.40. The van der Waals surface area contributed by atoms with Gasteiger partial charge in [-0.3, -0.25) is 4.57 Å². The maximum atomic E-state index is 11.2. The van der Waals surface area contributed by atoms with Crippen molar-refractivity contribution < 1.29 is 4.57 Å². The second kappa shape index (κ2) is 3.46. The standard InChI is InChI=1S/C12H15N2OP/c1-8-6-13(8)10-4-3-5-11(16-15)12(10)14-7-9(14)2/h3-5,8-9H,6-7H2,1-2H3. The van der Waals surface area contributed by atoms with Gasteiger partial charge in [0.25, 0.3) is 0 Å². The highest BCUT2D eigenvalue weighted by Gasteiger charge is 2.38. The molecular weight excluding hydrogens is 219 g/mol. The van der Waals surface area contributed by atoms with Gasteiger partial charge in [0.2, 0.25) is 0 Å². The summed E-state index contributed by atoms with van der Waals surface area (Å²) in [5.74, 6) is 0. The SMILES string of the molecule is CC1CN1c1cccc(P=O)c1N1CC1C. The average Bonchev–Trinajstić information content (AvgIpc) is 3.17. The van der Waals surface area contributed by atoms with Gasteiger partial charge in [0.1, 0.15) is 0 Å². The van der Waals surface area contributed by atoms with Crippen LogP contribution in [0.1, 0.15) is 13.8 Å². The molecule has 3 nitrogen and oxygen atoms in total. The van der Waals surface area contributed by atoms with Crippen LogP contribution in [0.25, 0.3) is 0 Å². The van der Waals surface area contributed by atoms with Gasteiger partial charge in [0.15, 0.2) is 8.46 Å². The summed E-state index contributed by atoms with van der Waals surface area (Å²) in [6, 6.07) is 7.31. The fourth-order valence-corrected chi connectivity index (χ4v) is 2.72. The highest BCUT2D eigenvalue weighted by atomic mass is 31.1. The first-order valence-electron chi connectivity index (χ1n) is 5.72. The number of para-hydroxylation sites is 1. The fraction of sp³-hybridized carbons (Fsp3) is 0.500. The molecule has 3 rings (SSSR count). The summed E-state index contributed by atoms with van der Waals surface area (Å²) < 4.78 is 11.2. The van der Waals surface area contributed by atoms with E-state index in [2.05, 4.69) is 29.7 Å². The minimum atomic E-state index is 0.125. The molecule has 0 bridgehead atoms. The maximum Gasteiger partial charge on any atom is 0.194 e. The van der Waals surface area contributed by atoms with Crippen LogP contribution in [0.4, 0.5) is 11.4 Å². The van der Waals surface area contributed by atoms with Crippen molar-refractivity contribution in [2.45, 2.75) is 25.9 Å². The van der Waals surface area contributed by atoms with Crippen molar-refractivity contribution in [3.05, 3.63) is 18.2 Å². The molecule has 0 amide bonds. The molecule has 2 unspecified atom stereocenters. The Hall–Kier alpha value is -1.08. The van der Waals surface area contributed by atoms with Gasteiger partial charge in [-0.15, -0.1) is 0 Å². The monoisotopic (exact) mass is 234 g/mol. The Kier molecular flexibility index (Phi) is 2.18. The molecule has 84 valence electrons. The lowest BCUT2D eigenvalue weighted by Crippen LogP contribution is -2.11. The summed E-state index contributed by atoms with van der Waals surface area (Å²) in [6.07, 6.45) is 0. The fourth-order valence-electron chi connectivity index (χ4n) is 2.24. The smallest absolute Gasteiger partial charge is 0.194 e. The molecule has 0 spiro atoms. The van der Waals surface area contributed by atoms with Gasteiger partial charge < -0.3 is 9.80 Å². The Morgan fingerprint density at radius 2 is 1.81 bits per heavy atom. The molecule has 4 heteroatoms. The van der Waals surface area contributed by atoms with E-state index in [4.69, 9.17) is 0 Å². The third-order valence-corrected chi connectivity index (χ3v) is 3.96. The molecule has 2 fully saturated rings. The first-order chi connectivity index (χ1) is 7.72. The van der Waals surface area contributed by atoms with Gasteiger partial charge in [-0.1, -0.05) is 6.07 Å². The van der Waals surface area contributed by atoms with E-state index >= 15 is 0 Å². The highest BCUT2D eigenvalue weighted by molar-refractivity contribution is 7.34. The Bertz CT molecular complexity index is 449. The Labute approximate surface area is 97.2 Å². The number of hydrogen-bond acceptors (Lipinski definition) is 3. The van der Waals surface area contributed by atoms with Crippen LogP contribution >= 0.6 is 8.46 Å². The molecule has 2 aliphatic heterocycles. The predicted molar refractivity (Wildman–Crippen MR) is 67.3 cm³/mol. The molecule has 1 aromatic carbocycles. The lowest BCUT2D eigenvalue weighted by Gasteiger charge is -2.15. The van der Waals surface area contributed by atoms with Crippen molar-refractivity contribution in [1.82, 2.24) is 0 Å². The minimum absolute atomic E-state index is 0.125. The third-order valence-electron chi connectivity index (χ3n) is 3.41. The van der Waals surface area contributed by atoms with Gasteiger partial charge in [0.05, 0.1) is 16.7 Å². The quantitative estimate of drug-likeness (QED) is 0.590. The molecule has 2 heterocycles. The van der Waals surface area contributed by atoms with Crippen molar-refractivity contribution in [3.63, 3.8) is 0 Å². The van der Waals surface area contributed by atoms with Crippen LogP contribution in [0.5, 0.6) is 0 Å². The van der Waals surface area contributed by atoms with Gasteiger partial charge >= 0.3 is 0 Å². The number of nitrogens with zero attached hydrogens (tertiary/aromatic N) is 2. The van der Waals surface area contributed by atoms with Crippen molar-refractivity contribution in [2.24, 2.45) is 0 Å². The lowest BCUT2D eigenvalue weighted by atomic mass is 10.2. The van der Waals surface area contributed by atoms with Gasteiger partial charge in [-0.05, 0) is 26.0 Å². The van der Waals surface area contributed by atoms with E-state index in [0.29, 0.717) is 12.1 Å². The largest absolute Gasteiger partial charge is 0.363 e. The van der Waals surface area contributed by atoms with Gasteiger partial charge in [-0.25, -0.2) is 0 Å². The van der Waals surface area contributed by atoms with Crippen molar-refractivity contribution in [2.75, 3.05) is 22.9 Å². The van der Waals surface area contributed by atoms with Crippen LogP contribution in [0.2, 0.25) is 0 Å². The lowest BCUT2D eigenvalue weighted by molar-refractivity contribution is 0.603. The topological polar surface area (TPSA) is 23.1 Å². The van der Waals surface area contributed by atoms with Crippen molar-refractivity contribution in [1.29, 1.82) is 0 Å². The van der Waals surface area contributed by atoms with Crippen LogP contribution in [0.15, 0.2) is 18.2 Å². The minimum Gasteiger partial charge on any atom is -0.363 e. The van der Waals surface area contributed by atoms with Crippen LogP contribution in [-0.2, 0) is 4.57 Å². The van der Waals surface area contributed by atoms with Crippen molar-refractivity contribution >= 4 is 25.1 Å². The molecule has 2 saturated heterocycles. The predicted octanol–water partition coefficient (Wildman–Crippen LogP) is 2.02. The molecule has 0 N–H and O–H groups in total. The Morgan fingerprint density at radius 1 is 1.19 bits per heavy atom. The van der Waals surface area contributed by atoms with E-state index in [-0.39, 0.29) is 8.46 Å². The molecule has 2 aliphatic rings.